The highest BCUT2D eigenvalue weighted by molar-refractivity contribution is 7.20. The number of nitrogens with zero attached hydrogens (tertiary/aromatic N) is 1. The summed E-state index contributed by atoms with van der Waals surface area (Å²) in [6.07, 6.45) is -53.2. The number of carbonyl (C=O) groups is 2. The predicted octanol–water partition coefficient (Wildman–Crippen LogP) is 14.3. The lowest BCUT2D eigenvalue weighted by Gasteiger charge is -2.46. The predicted molar refractivity (Wildman–Crippen MR) is 236 cm³/mol. The number of halogens is 25. The molecule has 0 fully saturated rings. The van der Waals surface area contributed by atoms with Crippen molar-refractivity contribution in [3.8, 4) is 0 Å². The van der Waals surface area contributed by atoms with Crippen LogP contribution >= 0.6 is 0 Å². The second-order valence-corrected chi connectivity index (χ2v) is 17.4. The highest BCUT2D eigenvalue weighted by Crippen LogP contribution is 2.41. The van der Waals surface area contributed by atoms with Crippen LogP contribution in [0.2, 0.25) is 0 Å². The summed E-state index contributed by atoms with van der Waals surface area (Å²) in [6, 6.07) is 8.99. The van der Waals surface area contributed by atoms with Gasteiger partial charge in [-0.15, -0.1) is 0 Å². The number of fused-ring (bicyclic) bond motifs is 1. The molecule has 81 heavy (non-hydrogen) atoms. The minimum Gasteiger partial charge on any atom is -0.426 e. The largest absolute Gasteiger partial charge is 0.426 e. The molecule has 7 aromatic rings. The fourth-order valence-corrected chi connectivity index (χ4v) is 8.68. The van der Waals surface area contributed by atoms with Gasteiger partial charge in [-0.1, -0.05) is 97.1 Å². The monoisotopic (exact) mass is 1190 g/mol. The number of ketones is 1. The van der Waals surface area contributed by atoms with Crippen molar-refractivity contribution < 1.29 is 129 Å². The van der Waals surface area contributed by atoms with Crippen molar-refractivity contribution in [1.29, 1.82) is 0 Å². The van der Waals surface area contributed by atoms with Crippen molar-refractivity contribution in [1.82, 2.24) is 0 Å². The summed E-state index contributed by atoms with van der Waals surface area (Å²) in [5.41, 5.74) is -29.5. The fraction of sp³-hybridized carbons (Fsp3) is 0.196. The van der Waals surface area contributed by atoms with Crippen LogP contribution in [0.3, 0.4) is 0 Å². The second-order valence-electron chi connectivity index (χ2n) is 17.4. The molecule has 0 atom stereocenters. The molecule has 0 aliphatic heterocycles. The molecule has 0 unspecified atom stereocenters. The lowest BCUT2D eigenvalue weighted by Crippen LogP contribution is -2.75. The minimum absolute atomic E-state index is 0.0361. The average Bonchev–Trinajstić information content (AvgIpc) is 3.56. The number of aromatic nitrogens is 1. The number of hydrogen-bond acceptors (Lipinski definition) is 3. The summed E-state index contributed by atoms with van der Waals surface area (Å²) < 4.78 is 359. The Morgan fingerprint density at radius 1 is 0.383 bits per heavy atom. The van der Waals surface area contributed by atoms with Gasteiger partial charge in [0.25, 0.3) is 5.69 Å². The number of benzene rings is 6. The van der Waals surface area contributed by atoms with E-state index in [0.29, 0.717) is 10.9 Å². The van der Waals surface area contributed by atoms with Crippen LogP contribution in [0.25, 0.3) is 10.8 Å². The van der Waals surface area contributed by atoms with E-state index in [1.807, 2.05) is 18.2 Å². The molecule has 0 aliphatic carbocycles. The van der Waals surface area contributed by atoms with Gasteiger partial charge < -0.3 is 4.74 Å². The van der Waals surface area contributed by atoms with E-state index in [2.05, 4.69) is 4.74 Å². The number of rotatable bonds is 9. The van der Waals surface area contributed by atoms with Crippen LogP contribution in [-0.4, -0.2) is 24.8 Å². The summed E-state index contributed by atoms with van der Waals surface area (Å²) >= 11 is 0. The van der Waals surface area contributed by atoms with Gasteiger partial charge >= 0.3 is 55.4 Å². The third-order valence-electron chi connectivity index (χ3n) is 12.2. The zero-order chi connectivity index (χ0) is 60.9. The van der Waals surface area contributed by atoms with Crippen molar-refractivity contribution in [2.24, 2.45) is 0 Å². The first-order valence-electron chi connectivity index (χ1n) is 22.0. The zero-order valence-electron chi connectivity index (χ0n) is 39.4. The van der Waals surface area contributed by atoms with Crippen molar-refractivity contribution in [2.75, 3.05) is 6.86 Å². The van der Waals surface area contributed by atoms with E-state index in [4.69, 9.17) is 0 Å². The molecule has 4 nitrogen and oxygen atoms in total. The van der Waals surface area contributed by atoms with Gasteiger partial charge in [0.2, 0.25) is 19.2 Å². The molecule has 7 rings (SSSR count). The van der Waals surface area contributed by atoms with E-state index in [0.717, 1.165) is 5.39 Å². The van der Waals surface area contributed by atoms with Gasteiger partial charge in [-0.3, -0.25) is 4.79 Å². The molecule has 1 heterocycles. The first kappa shape index (κ1) is 62.4. The molecule has 0 saturated carbocycles. The van der Waals surface area contributed by atoms with Gasteiger partial charge in [-0.2, -0.15) is 132 Å². The van der Waals surface area contributed by atoms with Gasteiger partial charge in [0.1, 0.15) is 6.15 Å². The number of carbonyl (C=O) groups excluding carboxylic acids is 2. The van der Waals surface area contributed by atoms with E-state index in [1.54, 1.807) is 48.7 Å². The van der Waals surface area contributed by atoms with Gasteiger partial charge in [-0.05, 0) is 35.7 Å². The van der Waals surface area contributed by atoms with Crippen LogP contribution in [0.5, 0.6) is 0 Å². The quantitative estimate of drug-likeness (QED) is 0.0476. The minimum atomic E-state index is -6.13. The zero-order valence-corrected chi connectivity index (χ0v) is 39.4. The van der Waals surface area contributed by atoms with E-state index < -0.39 is 208 Å². The molecule has 0 radical (unpaired) electrons. The molecule has 432 valence electrons. The maximum absolute atomic E-state index is 14.2. The molecule has 0 spiro atoms. The molecule has 0 saturated heterocycles. The fourth-order valence-electron chi connectivity index (χ4n) is 8.68. The van der Waals surface area contributed by atoms with Crippen molar-refractivity contribution in [2.45, 2.75) is 56.0 Å². The lowest BCUT2D eigenvalue weighted by atomic mass is 9.12. The third kappa shape index (κ3) is 14.0. The average molecular weight is 1190 g/mol. The Balaban J connectivity index is 0.000000363. The molecule has 6 aromatic carbocycles. The molecular formula is C51H27BF25NO3. The first-order chi connectivity index (χ1) is 37.0. The number of hydrogen-bond donors (Lipinski definition) is 0. The Bertz CT molecular complexity index is 3020. The summed E-state index contributed by atoms with van der Waals surface area (Å²) in [4.78, 5) is 24.6. The molecular weight excluding hydrogens is 1160 g/mol. The molecule has 0 amide bonds. The van der Waals surface area contributed by atoms with E-state index in [9.17, 15) is 119 Å². The molecule has 0 aliphatic rings. The van der Waals surface area contributed by atoms with Crippen molar-refractivity contribution in [3.05, 3.63) is 195 Å². The number of pyridine rings is 1. The van der Waals surface area contributed by atoms with Crippen molar-refractivity contribution >= 4 is 50.5 Å². The van der Waals surface area contributed by atoms with Gasteiger partial charge in [0.15, 0.2) is 6.20 Å². The smallest absolute Gasteiger partial charge is 0.416 e. The van der Waals surface area contributed by atoms with Crippen LogP contribution in [-0.2, 0) is 60.7 Å². The van der Waals surface area contributed by atoms with Gasteiger partial charge in [0.05, 0.1) is 49.9 Å². The number of esters is 1. The Labute approximate surface area is 436 Å². The molecule has 30 heteroatoms. The van der Waals surface area contributed by atoms with E-state index in [1.165, 1.54) is 4.57 Å². The Hall–Kier alpha value is -7.82. The van der Waals surface area contributed by atoms with Crippen LogP contribution in [0, 0.1) is 0 Å². The van der Waals surface area contributed by atoms with Crippen LogP contribution in [0.4, 0.5) is 110 Å². The lowest BCUT2D eigenvalue weighted by molar-refractivity contribution is -0.684. The van der Waals surface area contributed by atoms with E-state index >= 15 is 0 Å². The van der Waals surface area contributed by atoms with Crippen molar-refractivity contribution in [3.63, 3.8) is 0 Å². The molecule has 1 aromatic heterocycles. The number of alkyl halides is 25. The van der Waals surface area contributed by atoms with Crippen LogP contribution in [0.15, 0.2) is 140 Å². The highest BCUT2D eigenvalue weighted by Gasteiger charge is 2.47. The standard InChI is InChI=1S/C32H12BF24.C19H15FNO3/c34-25(35,36)13-1-14(26(37,38)39)6-21(5-13)33(22-7-15(27(40,41)42)2-16(8-22)28(43,44)45,23-9-17(29(46,47)48)3-18(10-23)30(49,50)51)24-11-19(31(52,53)54)4-20(12-24)32(55,56)57;20-13-24-19(23)18-16-9-5-4-6-14(16)10-11-21(18)12-17(22)15-7-2-1-3-8-15/h1-12H;1-11H,12-13H2/q-1;+1. The first-order valence-corrected chi connectivity index (χ1v) is 22.0. The number of ether oxygens (including phenoxy) is 1. The van der Waals surface area contributed by atoms with Crippen LogP contribution < -0.4 is 26.4 Å². The highest BCUT2D eigenvalue weighted by atomic mass is 19.4. The summed E-state index contributed by atoms with van der Waals surface area (Å²) in [5.74, 6) is -0.944. The van der Waals surface area contributed by atoms with Gasteiger partial charge in [0, 0.05) is 11.6 Å². The number of Topliss-reactive ketones (excluding diaryl/α,β-unsaturated/α-hetero) is 1. The maximum atomic E-state index is 14.2. The summed E-state index contributed by atoms with van der Waals surface area (Å²) in [5, 5.41) is 1.42. The Kier molecular flexibility index (Phi) is 16.9. The SMILES string of the molecule is FC(F)(F)c1cc([B-](c2cc(C(F)(F)F)cc(C(F)(F)F)c2)(c2cc(C(F)(F)F)cc(C(F)(F)F)c2)c2cc(C(F)(F)F)cc(C(F)(F)F)c2)cc(C(F)(F)F)c1.O=C(C[n+]1ccc2ccccc2c1C(=O)OCF)c1ccccc1. The molecule has 0 N–H and O–H groups in total. The Morgan fingerprint density at radius 2 is 0.667 bits per heavy atom. The second kappa shape index (κ2) is 21.9. The molecule has 0 bridgehead atoms. The van der Waals surface area contributed by atoms with E-state index in [-0.39, 0.29) is 18.0 Å². The van der Waals surface area contributed by atoms with Crippen LogP contribution in [0.1, 0.15) is 65.4 Å². The summed E-state index contributed by atoms with van der Waals surface area (Å²) in [6.45, 7) is -1.25. The maximum Gasteiger partial charge on any atom is 0.416 e. The summed E-state index contributed by atoms with van der Waals surface area (Å²) in [7, 11) is 0. The van der Waals surface area contributed by atoms with Gasteiger partial charge in [-0.25, -0.2) is 9.18 Å². The third-order valence-corrected chi connectivity index (χ3v) is 12.2. The topological polar surface area (TPSA) is 47.2 Å². The Morgan fingerprint density at radius 3 is 0.951 bits per heavy atom. The normalized spacial score (nSPS) is 13.2.